The third-order valence-electron chi connectivity index (χ3n) is 6.67. The zero-order valence-electron chi connectivity index (χ0n) is 19.4. The summed E-state index contributed by atoms with van der Waals surface area (Å²) in [6, 6.07) is 14.0. The minimum atomic E-state index is -3.95. The summed E-state index contributed by atoms with van der Waals surface area (Å²) in [5, 5.41) is 3.09. The van der Waals surface area contributed by atoms with Crippen molar-refractivity contribution in [2.75, 3.05) is 18.0 Å². The summed E-state index contributed by atoms with van der Waals surface area (Å²) < 4.78 is 28.0. The van der Waals surface area contributed by atoms with Crippen molar-refractivity contribution in [1.82, 2.24) is 9.62 Å². The van der Waals surface area contributed by atoms with Crippen LogP contribution in [0.15, 0.2) is 53.4 Å². The molecule has 1 saturated carbocycles. The molecule has 2 fully saturated rings. The maximum absolute atomic E-state index is 13.6. The predicted octanol–water partition coefficient (Wildman–Crippen LogP) is 3.16. The third kappa shape index (κ3) is 4.54. The summed E-state index contributed by atoms with van der Waals surface area (Å²) in [6.45, 7) is 5.04. The average molecular weight is 470 g/mol. The maximum Gasteiger partial charge on any atom is 0.247 e. The van der Waals surface area contributed by atoms with Crippen LogP contribution in [0.25, 0.3) is 0 Å². The molecule has 1 unspecified atom stereocenters. The van der Waals surface area contributed by atoms with E-state index in [1.165, 1.54) is 17.0 Å². The Balaban J connectivity index is 1.72. The van der Waals surface area contributed by atoms with Crippen LogP contribution in [0, 0.1) is 13.8 Å². The van der Waals surface area contributed by atoms with E-state index >= 15 is 0 Å². The van der Waals surface area contributed by atoms with Gasteiger partial charge in [-0.3, -0.25) is 14.5 Å². The number of amides is 2. The molecule has 2 aromatic rings. The molecule has 0 bridgehead atoms. The number of aryl methyl sites for hydroxylation is 2. The monoisotopic (exact) mass is 469 g/mol. The molecule has 0 spiro atoms. The number of nitrogens with one attached hydrogen (secondary N) is 1. The van der Waals surface area contributed by atoms with Crippen LogP contribution in [0.2, 0.25) is 0 Å². The molecule has 2 aliphatic rings. The molecule has 1 saturated heterocycles. The first-order valence-electron chi connectivity index (χ1n) is 11.4. The summed E-state index contributed by atoms with van der Waals surface area (Å²) >= 11 is 0. The number of carbonyl (C=O) groups is 2. The van der Waals surface area contributed by atoms with E-state index in [4.69, 9.17) is 0 Å². The quantitative estimate of drug-likeness (QED) is 0.729. The fraction of sp³-hybridized carbons (Fsp3) is 0.440. The Morgan fingerprint density at radius 2 is 1.52 bits per heavy atom. The molecule has 2 amide bonds. The number of piperazine rings is 1. The number of nitrogens with zero attached hydrogens (tertiary/aromatic N) is 2. The highest BCUT2D eigenvalue weighted by Gasteiger charge is 2.51. The molecular weight excluding hydrogens is 438 g/mol. The second-order valence-corrected chi connectivity index (χ2v) is 11.3. The van der Waals surface area contributed by atoms with Crippen LogP contribution in [0.1, 0.15) is 43.7 Å². The number of anilines is 1. The van der Waals surface area contributed by atoms with Gasteiger partial charge in [0.25, 0.3) is 0 Å². The predicted molar refractivity (Wildman–Crippen MR) is 127 cm³/mol. The molecule has 1 aliphatic carbocycles. The summed E-state index contributed by atoms with van der Waals surface area (Å²) in [4.78, 5) is 28.6. The Labute approximate surface area is 195 Å². The first-order valence-corrected chi connectivity index (χ1v) is 12.8. The van der Waals surface area contributed by atoms with Crippen molar-refractivity contribution in [3.8, 4) is 0 Å². The Morgan fingerprint density at radius 1 is 0.970 bits per heavy atom. The SMILES string of the molecule is Cc1ccc(N2C(=O)CN(S(=O)(=O)c3ccc(C)cc3)CC2(C)C(=O)NC2CCCC2)cc1. The first kappa shape index (κ1) is 23.4. The van der Waals surface area contributed by atoms with Crippen LogP contribution >= 0.6 is 0 Å². The van der Waals surface area contributed by atoms with Gasteiger partial charge in [0.2, 0.25) is 21.8 Å². The largest absolute Gasteiger partial charge is 0.351 e. The number of carbonyl (C=O) groups excluding carboxylic acids is 2. The molecule has 176 valence electrons. The fourth-order valence-electron chi connectivity index (χ4n) is 4.70. The van der Waals surface area contributed by atoms with Gasteiger partial charge in [-0.05, 0) is 57.9 Å². The Hall–Kier alpha value is -2.71. The van der Waals surface area contributed by atoms with Crippen molar-refractivity contribution in [3.05, 3.63) is 59.7 Å². The number of rotatable bonds is 5. The molecule has 33 heavy (non-hydrogen) atoms. The van der Waals surface area contributed by atoms with Crippen molar-refractivity contribution >= 4 is 27.5 Å². The van der Waals surface area contributed by atoms with Crippen molar-refractivity contribution < 1.29 is 18.0 Å². The minimum absolute atomic E-state index is 0.0494. The lowest BCUT2D eigenvalue weighted by atomic mass is 9.93. The molecule has 2 aromatic carbocycles. The number of hydrogen-bond donors (Lipinski definition) is 1. The minimum Gasteiger partial charge on any atom is -0.351 e. The molecular formula is C25H31N3O4S. The number of sulfonamides is 1. The van der Waals surface area contributed by atoms with E-state index in [1.807, 2.05) is 26.0 Å². The summed E-state index contributed by atoms with van der Waals surface area (Å²) in [7, 11) is -3.95. The molecule has 1 heterocycles. The van der Waals surface area contributed by atoms with E-state index in [9.17, 15) is 18.0 Å². The number of hydrogen-bond acceptors (Lipinski definition) is 4. The van der Waals surface area contributed by atoms with Gasteiger partial charge < -0.3 is 5.32 Å². The van der Waals surface area contributed by atoms with Gasteiger partial charge in [0.1, 0.15) is 5.54 Å². The van der Waals surface area contributed by atoms with E-state index < -0.39 is 21.5 Å². The van der Waals surface area contributed by atoms with Crippen LogP contribution in [-0.4, -0.2) is 49.2 Å². The maximum atomic E-state index is 13.6. The Kier molecular flexibility index (Phi) is 6.33. The Bertz CT molecular complexity index is 1140. The lowest BCUT2D eigenvalue weighted by Gasteiger charge is -2.47. The highest BCUT2D eigenvalue weighted by atomic mass is 32.2. The lowest BCUT2D eigenvalue weighted by Crippen LogP contribution is -2.70. The standard InChI is InChI=1S/C25H31N3O4S/c1-18-8-12-21(13-9-18)28-23(29)16-27(33(31,32)22-14-10-19(2)11-15-22)17-25(28,3)24(30)26-20-6-4-5-7-20/h8-15,20H,4-7,16-17H2,1-3H3,(H,26,30). The van der Waals surface area contributed by atoms with Crippen LogP contribution in [0.5, 0.6) is 0 Å². The van der Waals surface area contributed by atoms with Gasteiger partial charge >= 0.3 is 0 Å². The van der Waals surface area contributed by atoms with E-state index in [0.717, 1.165) is 41.1 Å². The molecule has 7 nitrogen and oxygen atoms in total. The zero-order valence-corrected chi connectivity index (χ0v) is 20.2. The van der Waals surface area contributed by atoms with E-state index in [2.05, 4.69) is 5.32 Å². The summed E-state index contributed by atoms with van der Waals surface area (Å²) in [5.41, 5.74) is 1.17. The van der Waals surface area contributed by atoms with Crippen molar-refractivity contribution in [2.45, 2.75) is 62.9 Å². The van der Waals surface area contributed by atoms with Crippen molar-refractivity contribution in [3.63, 3.8) is 0 Å². The molecule has 0 aromatic heterocycles. The van der Waals surface area contributed by atoms with E-state index in [1.54, 1.807) is 31.2 Å². The molecule has 1 aliphatic heterocycles. The van der Waals surface area contributed by atoms with E-state index in [-0.39, 0.29) is 29.9 Å². The molecule has 4 rings (SSSR count). The van der Waals surface area contributed by atoms with Crippen LogP contribution < -0.4 is 10.2 Å². The third-order valence-corrected chi connectivity index (χ3v) is 8.48. The second kappa shape index (κ2) is 8.91. The van der Waals surface area contributed by atoms with E-state index in [0.29, 0.717) is 5.69 Å². The molecule has 8 heteroatoms. The summed E-state index contributed by atoms with van der Waals surface area (Å²) in [6.07, 6.45) is 3.89. The molecule has 0 radical (unpaired) electrons. The van der Waals surface area contributed by atoms with Gasteiger partial charge in [0, 0.05) is 18.3 Å². The fourth-order valence-corrected chi connectivity index (χ4v) is 6.18. The van der Waals surface area contributed by atoms with Crippen LogP contribution in [0.3, 0.4) is 0 Å². The highest BCUT2D eigenvalue weighted by Crippen LogP contribution is 2.33. The second-order valence-electron chi connectivity index (χ2n) is 9.38. The van der Waals surface area contributed by atoms with Gasteiger partial charge in [-0.15, -0.1) is 0 Å². The topological polar surface area (TPSA) is 86.8 Å². The molecule has 1 N–H and O–H groups in total. The smallest absolute Gasteiger partial charge is 0.247 e. The van der Waals surface area contributed by atoms with Gasteiger partial charge in [-0.2, -0.15) is 4.31 Å². The highest BCUT2D eigenvalue weighted by molar-refractivity contribution is 7.89. The van der Waals surface area contributed by atoms with Crippen molar-refractivity contribution in [2.24, 2.45) is 0 Å². The number of benzene rings is 2. The van der Waals surface area contributed by atoms with Gasteiger partial charge in [0.15, 0.2) is 0 Å². The van der Waals surface area contributed by atoms with Gasteiger partial charge in [-0.1, -0.05) is 48.2 Å². The summed E-state index contributed by atoms with van der Waals surface area (Å²) in [5.74, 6) is -0.753. The Morgan fingerprint density at radius 3 is 2.09 bits per heavy atom. The normalized spacial score (nSPS) is 22.5. The zero-order chi connectivity index (χ0) is 23.8. The van der Waals surface area contributed by atoms with Crippen LogP contribution in [0.4, 0.5) is 5.69 Å². The van der Waals surface area contributed by atoms with Crippen LogP contribution in [-0.2, 0) is 19.6 Å². The van der Waals surface area contributed by atoms with Gasteiger partial charge in [0.05, 0.1) is 11.4 Å². The lowest BCUT2D eigenvalue weighted by molar-refractivity contribution is -0.133. The van der Waals surface area contributed by atoms with Gasteiger partial charge in [-0.25, -0.2) is 8.42 Å². The average Bonchev–Trinajstić information content (AvgIpc) is 3.28. The first-order chi connectivity index (χ1) is 15.6. The molecule has 1 atom stereocenters. The van der Waals surface area contributed by atoms with Crippen molar-refractivity contribution in [1.29, 1.82) is 0 Å².